The van der Waals surface area contributed by atoms with Gasteiger partial charge in [0.25, 0.3) is 3.79 Å². The SMILES string of the molecule is ClC(Cl)(Cl)c1onc2c1CCCC2Br. The lowest BCUT2D eigenvalue weighted by molar-refractivity contribution is 0.380. The van der Waals surface area contributed by atoms with Gasteiger partial charge in [0.05, 0.1) is 4.83 Å². The van der Waals surface area contributed by atoms with E-state index in [-0.39, 0.29) is 4.83 Å². The van der Waals surface area contributed by atoms with Gasteiger partial charge in [0.1, 0.15) is 5.69 Å². The molecule has 0 amide bonds. The van der Waals surface area contributed by atoms with Crippen molar-refractivity contribution >= 4 is 50.7 Å². The molecule has 1 heterocycles. The van der Waals surface area contributed by atoms with Crippen molar-refractivity contribution in [2.45, 2.75) is 27.9 Å². The van der Waals surface area contributed by atoms with Crippen LogP contribution in [0.5, 0.6) is 0 Å². The summed E-state index contributed by atoms with van der Waals surface area (Å²) in [6.07, 6.45) is 2.96. The minimum absolute atomic E-state index is 0.219. The summed E-state index contributed by atoms with van der Waals surface area (Å²) in [5.41, 5.74) is 1.82. The van der Waals surface area contributed by atoms with Gasteiger partial charge in [-0.15, -0.1) is 0 Å². The molecule has 2 nitrogen and oxygen atoms in total. The zero-order valence-corrected chi connectivity index (χ0v) is 10.9. The summed E-state index contributed by atoms with van der Waals surface area (Å²) in [6, 6.07) is 0. The average Bonchev–Trinajstić information content (AvgIpc) is 2.47. The monoisotopic (exact) mass is 317 g/mol. The van der Waals surface area contributed by atoms with Gasteiger partial charge < -0.3 is 4.52 Å². The summed E-state index contributed by atoms with van der Waals surface area (Å²) in [6.45, 7) is 0. The Labute approximate surface area is 105 Å². The molecular formula is C8H7BrCl3NO. The predicted octanol–water partition coefficient (Wildman–Crippen LogP) is 4.27. The number of nitrogens with zero attached hydrogens (tertiary/aromatic N) is 1. The second-order valence-electron chi connectivity index (χ2n) is 3.23. The van der Waals surface area contributed by atoms with E-state index < -0.39 is 3.79 Å². The van der Waals surface area contributed by atoms with Gasteiger partial charge >= 0.3 is 0 Å². The zero-order chi connectivity index (χ0) is 10.3. The van der Waals surface area contributed by atoms with E-state index in [4.69, 9.17) is 39.3 Å². The Morgan fingerprint density at radius 1 is 1.43 bits per heavy atom. The second-order valence-corrected chi connectivity index (χ2v) is 6.62. The fourth-order valence-electron chi connectivity index (χ4n) is 1.63. The molecule has 0 aromatic carbocycles. The Bertz CT molecular complexity index is 347. The number of hydrogen-bond donors (Lipinski definition) is 0. The van der Waals surface area contributed by atoms with Crippen molar-refractivity contribution in [2.75, 3.05) is 0 Å². The standard InChI is InChI=1S/C8H7BrCl3NO/c9-5-3-1-2-4-6(5)13-14-7(4)8(10,11)12/h5H,1-3H2. The third-order valence-corrected chi connectivity index (χ3v) is 3.66. The van der Waals surface area contributed by atoms with E-state index in [9.17, 15) is 0 Å². The van der Waals surface area contributed by atoms with Gasteiger partial charge in [-0.25, -0.2) is 0 Å². The molecule has 1 atom stereocenters. The maximum Gasteiger partial charge on any atom is 0.251 e. The highest BCUT2D eigenvalue weighted by molar-refractivity contribution is 9.09. The molecule has 0 bridgehead atoms. The normalized spacial score (nSPS) is 22.1. The van der Waals surface area contributed by atoms with E-state index in [0.717, 1.165) is 30.5 Å². The van der Waals surface area contributed by atoms with Crippen LogP contribution in [-0.2, 0) is 10.2 Å². The number of hydrogen-bond acceptors (Lipinski definition) is 2. The first-order valence-electron chi connectivity index (χ1n) is 4.20. The van der Waals surface area contributed by atoms with E-state index in [1.807, 2.05) is 0 Å². The molecule has 6 heteroatoms. The van der Waals surface area contributed by atoms with Gasteiger partial charge in [-0.1, -0.05) is 55.9 Å². The molecule has 78 valence electrons. The summed E-state index contributed by atoms with van der Waals surface area (Å²) in [5, 5.41) is 3.93. The molecule has 0 aliphatic heterocycles. The molecule has 2 rings (SSSR count). The van der Waals surface area contributed by atoms with Crippen LogP contribution in [0.15, 0.2) is 4.52 Å². The smallest absolute Gasteiger partial charge is 0.251 e. The molecule has 1 aromatic rings. The number of fused-ring (bicyclic) bond motifs is 1. The Balaban J connectivity index is 2.46. The van der Waals surface area contributed by atoms with Crippen LogP contribution in [-0.4, -0.2) is 5.16 Å². The quantitative estimate of drug-likeness (QED) is 0.667. The van der Waals surface area contributed by atoms with E-state index >= 15 is 0 Å². The summed E-state index contributed by atoms with van der Waals surface area (Å²) >= 11 is 20.8. The van der Waals surface area contributed by atoms with Crippen LogP contribution in [0.1, 0.15) is 34.7 Å². The van der Waals surface area contributed by atoms with Gasteiger partial charge in [0.15, 0.2) is 5.76 Å². The minimum atomic E-state index is -1.51. The van der Waals surface area contributed by atoms with Gasteiger partial charge in [0, 0.05) is 5.56 Å². The average molecular weight is 319 g/mol. The van der Waals surface area contributed by atoms with Crippen LogP contribution in [0.3, 0.4) is 0 Å². The molecule has 0 N–H and O–H groups in total. The number of aromatic nitrogens is 1. The molecule has 0 spiro atoms. The molecule has 1 aromatic heterocycles. The summed E-state index contributed by atoms with van der Waals surface area (Å²) in [5.74, 6) is 0.363. The van der Waals surface area contributed by atoms with Crippen LogP contribution < -0.4 is 0 Å². The Morgan fingerprint density at radius 3 is 2.79 bits per heavy atom. The number of rotatable bonds is 0. The van der Waals surface area contributed by atoms with Crippen molar-refractivity contribution in [3.8, 4) is 0 Å². The molecule has 0 fully saturated rings. The fraction of sp³-hybridized carbons (Fsp3) is 0.625. The van der Waals surface area contributed by atoms with Crippen molar-refractivity contribution in [3.05, 3.63) is 17.0 Å². The molecule has 1 unspecified atom stereocenters. The van der Waals surface area contributed by atoms with Gasteiger partial charge in [-0.2, -0.15) is 0 Å². The van der Waals surface area contributed by atoms with E-state index in [2.05, 4.69) is 21.1 Å². The van der Waals surface area contributed by atoms with Crippen LogP contribution in [0, 0.1) is 0 Å². The maximum atomic E-state index is 5.77. The first kappa shape index (κ1) is 11.1. The molecule has 0 saturated heterocycles. The lowest BCUT2D eigenvalue weighted by atomic mass is 9.96. The van der Waals surface area contributed by atoms with Crippen LogP contribution in [0.2, 0.25) is 0 Å². The third kappa shape index (κ3) is 1.92. The first-order valence-corrected chi connectivity index (χ1v) is 6.25. The Kier molecular flexibility index (Phi) is 3.04. The summed E-state index contributed by atoms with van der Waals surface area (Å²) in [7, 11) is 0. The summed E-state index contributed by atoms with van der Waals surface area (Å²) in [4.78, 5) is 0.219. The van der Waals surface area contributed by atoms with Gasteiger partial charge in [0.2, 0.25) is 0 Å². The zero-order valence-electron chi connectivity index (χ0n) is 7.07. The van der Waals surface area contributed by atoms with Crippen molar-refractivity contribution in [2.24, 2.45) is 0 Å². The molecule has 0 saturated carbocycles. The highest BCUT2D eigenvalue weighted by atomic mass is 79.9. The Hall–Kier alpha value is 0.560. The van der Waals surface area contributed by atoms with Crippen molar-refractivity contribution in [3.63, 3.8) is 0 Å². The van der Waals surface area contributed by atoms with Crippen LogP contribution in [0.25, 0.3) is 0 Å². The third-order valence-electron chi connectivity index (χ3n) is 2.26. The number of halogens is 4. The number of alkyl halides is 4. The topological polar surface area (TPSA) is 26.0 Å². The highest BCUT2D eigenvalue weighted by Crippen LogP contribution is 2.45. The van der Waals surface area contributed by atoms with Crippen molar-refractivity contribution < 1.29 is 4.52 Å². The molecule has 0 radical (unpaired) electrons. The first-order chi connectivity index (χ1) is 6.50. The van der Waals surface area contributed by atoms with E-state index in [1.54, 1.807) is 0 Å². The molecular weight excluding hydrogens is 312 g/mol. The maximum absolute atomic E-state index is 5.77. The molecule has 14 heavy (non-hydrogen) atoms. The van der Waals surface area contributed by atoms with Crippen molar-refractivity contribution in [1.82, 2.24) is 5.16 Å². The minimum Gasteiger partial charge on any atom is -0.356 e. The largest absolute Gasteiger partial charge is 0.356 e. The molecule has 1 aliphatic carbocycles. The molecule has 1 aliphatic rings. The fourth-order valence-corrected chi connectivity index (χ4v) is 2.76. The van der Waals surface area contributed by atoms with E-state index in [0.29, 0.717) is 5.76 Å². The lowest BCUT2D eigenvalue weighted by Gasteiger charge is -2.16. The van der Waals surface area contributed by atoms with Gasteiger partial charge in [-0.3, -0.25) is 0 Å². The Morgan fingerprint density at radius 2 is 2.14 bits per heavy atom. The highest BCUT2D eigenvalue weighted by Gasteiger charge is 2.36. The predicted molar refractivity (Wildman–Crippen MR) is 60.3 cm³/mol. The van der Waals surface area contributed by atoms with Crippen molar-refractivity contribution in [1.29, 1.82) is 0 Å². The van der Waals surface area contributed by atoms with Crippen LogP contribution >= 0.6 is 50.7 Å². The van der Waals surface area contributed by atoms with E-state index in [1.165, 1.54) is 0 Å². The summed E-state index contributed by atoms with van der Waals surface area (Å²) < 4.78 is 3.57. The lowest BCUT2D eigenvalue weighted by Crippen LogP contribution is -2.08. The van der Waals surface area contributed by atoms with Crippen LogP contribution in [0.4, 0.5) is 0 Å². The van der Waals surface area contributed by atoms with Gasteiger partial charge in [-0.05, 0) is 19.3 Å². The second kappa shape index (κ2) is 3.85.